The van der Waals surface area contributed by atoms with Crippen LogP contribution in [0.15, 0.2) is 24.4 Å². The van der Waals surface area contributed by atoms with Gasteiger partial charge in [-0.25, -0.2) is 4.79 Å². The lowest BCUT2D eigenvalue weighted by Gasteiger charge is -2.14. The number of carbonyl (C=O) groups is 2. The van der Waals surface area contributed by atoms with Crippen LogP contribution >= 0.6 is 0 Å². The lowest BCUT2D eigenvalue weighted by atomic mass is 10.0. The summed E-state index contributed by atoms with van der Waals surface area (Å²) in [5.74, 6) is -1.19. The molecule has 0 aliphatic rings. The highest BCUT2D eigenvalue weighted by atomic mass is 16.4. The Kier molecular flexibility index (Phi) is 5.62. The molecule has 0 fully saturated rings. The van der Waals surface area contributed by atoms with E-state index in [-0.39, 0.29) is 18.1 Å². The Morgan fingerprint density at radius 3 is 2.78 bits per heavy atom. The maximum absolute atomic E-state index is 11.9. The Hall–Kier alpha value is -2.50. The molecule has 6 heteroatoms. The molecule has 1 aromatic heterocycles. The van der Waals surface area contributed by atoms with Crippen molar-refractivity contribution in [2.24, 2.45) is 0 Å². The van der Waals surface area contributed by atoms with Crippen LogP contribution in [0.5, 0.6) is 5.75 Å². The number of fused-ring (bicyclic) bond motifs is 1. The average Bonchev–Trinajstić information content (AvgIpc) is 2.89. The quantitative estimate of drug-likeness (QED) is 0.562. The predicted octanol–water partition coefficient (Wildman–Crippen LogP) is 2.57. The second-order valence-electron chi connectivity index (χ2n) is 5.66. The molecule has 0 spiro atoms. The van der Waals surface area contributed by atoms with Crippen molar-refractivity contribution in [3.63, 3.8) is 0 Å². The van der Waals surface area contributed by atoms with E-state index in [0.29, 0.717) is 6.42 Å². The SMILES string of the molecule is CCCCCC(=O)NC(Cc1c[nH]c2ccc(O)cc12)C(=O)O. The topological polar surface area (TPSA) is 102 Å². The van der Waals surface area contributed by atoms with Crippen molar-refractivity contribution in [3.05, 3.63) is 30.0 Å². The molecule has 0 saturated heterocycles. The molecule has 124 valence electrons. The van der Waals surface area contributed by atoms with Gasteiger partial charge in [0.05, 0.1) is 0 Å². The van der Waals surface area contributed by atoms with Crippen LogP contribution in [0, 0.1) is 0 Å². The third kappa shape index (κ3) is 4.48. The Morgan fingerprint density at radius 2 is 2.09 bits per heavy atom. The first-order chi connectivity index (χ1) is 11.0. The van der Waals surface area contributed by atoms with Gasteiger partial charge in [-0.3, -0.25) is 4.79 Å². The number of H-pyrrole nitrogens is 1. The number of phenolic OH excluding ortho intramolecular Hbond substituents is 1. The molecule has 23 heavy (non-hydrogen) atoms. The predicted molar refractivity (Wildman–Crippen MR) is 87.4 cm³/mol. The molecule has 4 N–H and O–H groups in total. The Bertz CT molecular complexity index is 693. The first-order valence-corrected chi connectivity index (χ1v) is 7.82. The lowest BCUT2D eigenvalue weighted by molar-refractivity contribution is -0.141. The smallest absolute Gasteiger partial charge is 0.326 e. The number of aliphatic carboxylic acids is 1. The summed E-state index contributed by atoms with van der Waals surface area (Å²) in [6, 6.07) is 3.90. The van der Waals surface area contributed by atoms with E-state index >= 15 is 0 Å². The zero-order valence-electron chi connectivity index (χ0n) is 13.1. The van der Waals surface area contributed by atoms with E-state index in [1.165, 1.54) is 0 Å². The van der Waals surface area contributed by atoms with Gasteiger partial charge in [-0.1, -0.05) is 19.8 Å². The van der Waals surface area contributed by atoms with Gasteiger partial charge in [-0.15, -0.1) is 0 Å². The number of carbonyl (C=O) groups excluding carboxylic acids is 1. The maximum Gasteiger partial charge on any atom is 0.326 e. The van der Waals surface area contributed by atoms with Crippen LogP contribution in [0.3, 0.4) is 0 Å². The Morgan fingerprint density at radius 1 is 1.30 bits per heavy atom. The zero-order chi connectivity index (χ0) is 16.8. The van der Waals surface area contributed by atoms with Crippen molar-refractivity contribution >= 4 is 22.8 Å². The molecule has 0 aliphatic carbocycles. The minimum atomic E-state index is -1.07. The number of hydrogen-bond acceptors (Lipinski definition) is 3. The number of carboxylic acid groups (broad SMARTS) is 1. The van der Waals surface area contributed by atoms with Crippen LogP contribution in [0.2, 0.25) is 0 Å². The van der Waals surface area contributed by atoms with Crippen molar-refractivity contribution in [1.29, 1.82) is 0 Å². The van der Waals surface area contributed by atoms with E-state index in [1.54, 1.807) is 24.4 Å². The fourth-order valence-electron chi connectivity index (χ4n) is 2.56. The highest BCUT2D eigenvalue weighted by Gasteiger charge is 2.21. The van der Waals surface area contributed by atoms with Gasteiger partial charge < -0.3 is 20.5 Å². The van der Waals surface area contributed by atoms with Crippen LogP contribution in [0.4, 0.5) is 0 Å². The fraction of sp³-hybridized carbons (Fsp3) is 0.412. The van der Waals surface area contributed by atoms with Crippen molar-refractivity contribution in [3.8, 4) is 5.75 Å². The number of unbranched alkanes of at least 4 members (excludes halogenated alkanes) is 2. The fourth-order valence-corrected chi connectivity index (χ4v) is 2.56. The van der Waals surface area contributed by atoms with Gasteiger partial charge in [0.15, 0.2) is 0 Å². The highest BCUT2D eigenvalue weighted by molar-refractivity contribution is 5.87. The van der Waals surface area contributed by atoms with Crippen molar-refractivity contribution in [2.75, 3.05) is 0 Å². The number of aromatic nitrogens is 1. The van der Waals surface area contributed by atoms with E-state index in [4.69, 9.17) is 0 Å². The molecule has 0 radical (unpaired) electrons. The molecule has 1 heterocycles. The van der Waals surface area contributed by atoms with E-state index in [9.17, 15) is 19.8 Å². The van der Waals surface area contributed by atoms with Gasteiger partial charge >= 0.3 is 5.97 Å². The number of benzene rings is 1. The monoisotopic (exact) mass is 318 g/mol. The van der Waals surface area contributed by atoms with Gasteiger partial charge in [-0.2, -0.15) is 0 Å². The summed E-state index contributed by atoms with van der Waals surface area (Å²) in [6.07, 6.45) is 4.94. The third-order valence-electron chi connectivity index (χ3n) is 3.82. The van der Waals surface area contributed by atoms with Crippen LogP contribution < -0.4 is 5.32 Å². The van der Waals surface area contributed by atoms with Crippen LogP contribution in [-0.4, -0.2) is 33.1 Å². The number of phenols is 1. The molecule has 0 saturated carbocycles. The Balaban J connectivity index is 2.07. The van der Waals surface area contributed by atoms with Gasteiger partial charge in [0.1, 0.15) is 11.8 Å². The number of amides is 1. The number of rotatable bonds is 8. The summed E-state index contributed by atoms with van der Waals surface area (Å²) in [5, 5.41) is 22.3. The van der Waals surface area contributed by atoms with Gasteiger partial charge in [-0.05, 0) is 30.2 Å². The standard InChI is InChI=1S/C17H22N2O4/c1-2-3-4-5-16(21)19-15(17(22)23)8-11-10-18-14-7-6-12(20)9-13(11)14/h6-7,9-10,15,18,20H,2-5,8H2,1H3,(H,19,21)(H,22,23). The maximum atomic E-state index is 11.9. The number of aromatic hydroxyl groups is 1. The first kappa shape index (κ1) is 16.9. The summed E-state index contributed by atoms with van der Waals surface area (Å²) in [7, 11) is 0. The summed E-state index contributed by atoms with van der Waals surface area (Å²) in [5.41, 5.74) is 1.56. The summed E-state index contributed by atoms with van der Waals surface area (Å²) in [6.45, 7) is 2.05. The van der Waals surface area contributed by atoms with Gasteiger partial charge in [0, 0.05) is 29.9 Å². The van der Waals surface area contributed by atoms with Gasteiger partial charge in [0.25, 0.3) is 0 Å². The van der Waals surface area contributed by atoms with Crippen molar-refractivity contribution < 1.29 is 19.8 Å². The van der Waals surface area contributed by atoms with E-state index < -0.39 is 12.0 Å². The van der Waals surface area contributed by atoms with Crippen LogP contribution in [0.25, 0.3) is 10.9 Å². The second-order valence-corrected chi connectivity index (χ2v) is 5.66. The molecule has 1 amide bonds. The van der Waals surface area contributed by atoms with Crippen molar-refractivity contribution in [1.82, 2.24) is 10.3 Å². The molecule has 0 aliphatic heterocycles. The number of carboxylic acids is 1. The molecule has 6 nitrogen and oxygen atoms in total. The first-order valence-electron chi connectivity index (χ1n) is 7.82. The summed E-state index contributed by atoms with van der Waals surface area (Å²) in [4.78, 5) is 26.3. The number of hydrogen-bond donors (Lipinski definition) is 4. The minimum absolute atomic E-state index is 0.119. The minimum Gasteiger partial charge on any atom is -0.508 e. The normalized spacial score (nSPS) is 12.2. The summed E-state index contributed by atoms with van der Waals surface area (Å²) >= 11 is 0. The highest BCUT2D eigenvalue weighted by Crippen LogP contribution is 2.24. The summed E-state index contributed by atoms with van der Waals surface area (Å²) < 4.78 is 0. The van der Waals surface area contributed by atoms with Gasteiger partial charge in [0.2, 0.25) is 5.91 Å². The molecular weight excluding hydrogens is 296 g/mol. The largest absolute Gasteiger partial charge is 0.508 e. The molecule has 0 bridgehead atoms. The number of aromatic amines is 1. The van der Waals surface area contributed by atoms with E-state index in [0.717, 1.165) is 35.7 Å². The molecule has 1 aromatic carbocycles. The molecule has 2 rings (SSSR count). The second kappa shape index (κ2) is 7.67. The zero-order valence-corrected chi connectivity index (χ0v) is 13.1. The van der Waals surface area contributed by atoms with Crippen molar-refractivity contribution in [2.45, 2.75) is 45.1 Å². The van der Waals surface area contributed by atoms with E-state index in [2.05, 4.69) is 10.3 Å². The number of nitrogens with one attached hydrogen (secondary N) is 2. The van der Waals surface area contributed by atoms with E-state index in [1.807, 2.05) is 6.92 Å². The molecule has 1 atom stereocenters. The molecule has 1 unspecified atom stereocenters. The molecular formula is C17H22N2O4. The lowest BCUT2D eigenvalue weighted by Crippen LogP contribution is -2.42. The van der Waals surface area contributed by atoms with Crippen LogP contribution in [0.1, 0.15) is 38.2 Å². The molecule has 2 aromatic rings. The van der Waals surface area contributed by atoms with Crippen LogP contribution in [-0.2, 0) is 16.0 Å². The average molecular weight is 318 g/mol. The Labute approximate surface area is 134 Å². The third-order valence-corrected chi connectivity index (χ3v) is 3.82.